The molecule has 0 aliphatic rings. The summed E-state index contributed by atoms with van der Waals surface area (Å²) in [4.78, 5) is 50.5. The molecule has 36 heavy (non-hydrogen) atoms. The van der Waals surface area contributed by atoms with E-state index in [0.717, 1.165) is 5.56 Å². The van der Waals surface area contributed by atoms with E-state index in [0.29, 0.717) is 25.8 Å². The molecule has 0 saturated heterocycles. The summed E-state index contributed by atoms with van der Waals surface area (Å²) in [5.74, 6) is -3.45. The monoisotopic (exact) mass is 507 g/mol. The van der Waals surface area contributed by atoms with Crippen molar-refractivity contribution in [3.05, 3.63) is 35.9 Å². The molecule has 0 aliphatic heterocycles. The summed E-state index contributed by atoms with van der Waals surface area (Å²) < 4.78 is 0. The summed E-state index contributed by atoms with van der Waals surface area (Å²) in [6, 6.07) is 4.45. The fourth-order valence-electron chi connectivity index (χ4n) is 3.52. The van der Waals surface area contributed by atoms with Crippen LogP contribution in [0.5, 0.6) is 0 Å². The van der Waals surface area contributed by atoms with E-state index >= 15 is 0 Å². The molecule has 6 atom stereocenters. The van der Waals surface area contributed by atoms with Gasteiger partial charge in [-0.15, -0.1) is 0 Å². The van der Waals surface area contributed by atoms with Crippen LogP contribution in [0.2, 0.25) is 0 Å². The number of amides is 3. The van der Waals surface area contributed by atoms with Gasteiger partial charge in [0.25, 0.3) is 0 Å². The number of carbonyl (C=O) groups excluding carboxylic acids is 3. The number of hydrogen-bond acceptors (Lipinski definition) is 7. The molecule has 0 aliphatic carbocycles. The zero-order valence-corrected chi connectivity index (χ0v) is 21.3. The average molecular weight is 508 g/mol. The van der Waals surface area contributed by atoms with Crippen molar-refractivity contribution in [1.82, 2.24) is 16.0 Å². The Kier molecular flexibility index (Phi) is 13.7. The van der Waals surface area contributed by atoms with Crippen LogP contribution in [0.1, 0.15) is 52.0 Å². The predicted molar refractivity (Wildman–Crippen MR) is 136 cm³/mol. The third kappa shape index (κ3) is 10.3. The number of aliphatic hydroxyl groups is 1. The Hall–Kier alpha value is -3.02. The number of rotatable bonds is 16. The molecule has 11 nitrogen and oxygen atoms in total. The van der Waals surface area contributed by atoms with Crippen molar-refractivity contribution in [1.29, 1.82) is 0 Å². The lowest BCUT2D eigenvalue weighted by atomic mass is 9.96. The van der Waals surface area contributed by atoms with Gasteiger partial charge in [0.1, 0.15) is 24.2 Å². The van der Waals surface area contributed by atoms with E-state index in [1.165, 1.54) is 6.92 Å². The molecule has 6 unspecified atom stereocenters. The van der Waals surface area contributed by atoms with Crippen molar-refractivity contribution in [2.24, 2.45) is 17.4 Å². The van der Waals surface area contributed by atoms with Crippen LogP contribution < -0.4 is 27.4 Å². The lowest BCUT2D eigenvalue weighted by molar-refractivity contribution is -0.142. The van der Waals surface area contributed by atoms with Crippen LogP contribution in [-0.4, -0.2) is 70.7 Å². The Morgan fingerprint density at radius 2 is 1.53 bits per heavy atom. The van der Waals surface area contributed by atoms with Crippen molar-refractivity contribution in [2.45, 2.75) is 83.1 Å². The number of aliphatic carboxylic acids is 1. The molecule has 0 spiro atoms. The number of nitrogens with one attached hydrogen (secondary N) is 3. The maximum absolute atomic E-state index is 13.2. The fourth-order valence-corrected chi connectivity index (χ4v) is 3.52. The van der Waals surface area contributed by atoms with Gasteiger partial charge >= 0.3 is 5.97 Å². The first-order chi connectivity index (χ1) is 17.0. The maximum Gasteiger partial charge on any atom is 0.326 e. The highest BCUT2D eigenvalue weighted by atomic mass is 16.4. The Bertz CT molecular complexity index is 851. The second-order valence-electron chi connectivity index (χ2n) is 9.07. The molecule has 0 saturated carbocycles. The normalized spacial score (nSPS) is 16.1. The number of carbonyl (C=O) groups is 4. The molecule has 11 heteroatoms. The molecule has 0 bridgehead atoms. The first kappa shape index (κ1) is 31.0. The standard InChI is InChI=1S/C25H41N5O6/c1-4-15(2)21(24(34)29-19(25(35)36)14-17-10-6-5-7-11-17)30-22(32)18(12-8-9-13-26)28-23(33)20(27)16(3)31/h5-7,10-11,15-16,18-21,31H,4,8-9,12-14,26-27H2,1-3H3,(H,28,33)(H,29,34)(H,30,32)(H,35,36). The van der Waals surface area contributed by atoms with Crippen LogP contribution in [-0.2, 0) is 25.6 Å². The Morgan fingerprint density at radius 1 is 0.917 bits per heavy atom. The van der Waals surface area contributed by atoms with Gasteiger partial charge in [-0.25, -0.2) is 4.79 Å². The van der Waals surface area contributed by atoms with Gasteiger partial charge in [-0.3, -0.25) is 14.4 Å². The molecule has 1 aromatic carbocycles. The lowest BCUT2D eigenvalue weighted by Gasteiger charge is -2.28. The molecule has 1 aromatic rings. The van der Waals surface area contributed by atoms with Gasteiger partial charge in [0.05, 0.1) is 6.10 Å². The smallest absolute Gasteiger partial charge is 0.326 e. The predicted octanol–water partition coefficient (Wildman–Crippen LogP) is -0.349. The second kappa shape index (κ2) is 15.9. The molecule has 3 amide bonds. The highest BCUT2D eigenvalue weighted by Crippen LogP contribution is 2.12. The van der Waals surface area contributed by atoms with Gasteiger partial charge in [0.2, 0.25) is 17.7 Å². The first-order valence-corrected chi connectivity index (χ1v) is 12.3. The molecule has 9 N–H and O–H groups in total. The zero-order valence-electron chi connectivity index (χ0n) is 21.3. The lowest BCUT2D eigenvalue weighted by Crippen LogP contribution is -2.59. The Balaban J connectivity index is 3.02. The maximum atomic E-state index is 13.2. The van der Waals surface area contributed by atoms with E-state index in [9.17, 15) is 29.4 Å². The van der Waals surface area contributed by atoms with Crippen LogP contribution in [0, 0.1) is 5.92 Å². The topological polar surface area (TPSA) is 197 Å². The van der Waals surface area contributed by atoms with Crippen LogP contribution in [0.25, 0.3) is 0 Å². The molecular weight excluding hydrogens is 466 g/mol. The molecule has 0 heterocycles. The van der Waals surface area contributed by atoms with Crippen molar-refractivity contribution in [3.8, 4) is 0 Å². The molecule has 1 rings (SSSR count). The Morgan fingerprint density at radius 3 is 2.06 bits per heavy atom. The highest BCUT2D eigenvalue weighted by Gasteiger charge is 2.33. The van der Waals surface area contributed by atoms with Gasteiger partial charge < -0.3 is 37.6 Å². The number of unbranched alkanes of at least 4 members (excludes halogenated alkanes) is 1. The van der Waals surface area contributed by atoms with Gasteiger partial charge in [0, 0.05) is 6.42 Å². The minimum absolute atomic E-state index is 0.0814. The summed E-state index contributed by atoms with van der Waals surface area (Å²) in [6.45, 7) is 5.39. The van der Waals surface area contributed by atoms with Crippen LogP contribution in [0.3, 0.4) is 0 Å². The SMILES string of the molecule is CCC(C)C(NC(=O)C(CCCCN)NC(=O)C(N)C(C)O)C(=O)NC(Cc1ccccc1)C(=O)O. The molecule has 0 aromatic heterocycles. The minimum Gasteiger partial charge on any atom is -0.480 e. The summed E-state index contributed by atoms with van der Waals surface area (Å²) in [5, 5.41) is 27.0. The Labute approximate surface area is 212 Å². The first-order valence-electron chi connectivity index (χ1n) is 12.3. The van der Waals surface area contributed by atoms with Gasteiger partial charge in [-0.1, -0.05) is 50.6 Å². The summed E-state index contributed by atoms with van der Waals surface area (Å²) in [7, 11) is 0. The largest absolute Gasteiger partial charge is 0.480 e. The third-order valence-electron chi connectivity index (χ3n) is 6.09. The van der Waals surface area contributed by atoms with Crippen molar-refractivity contribution in [3.63, 3.8) is 0 Å². The molecule has 0 fully saturated rings. The fraction of sp³-hybridized carbons (Fsp3) is 0.600. The van der Waals surface area contributed by atoms with Crippen molar-refractivity contribution < 1.29 is 29.4 Å². The van der Waals surface area contributed by atoms with Crippen LogP contribution >= 0.6 is 0 Å². The summed E-state index contributed by atoms with van der Waals surface area (Å²) >= 11 is 0. The highest BCUT2D eigenvalue weighted by molar-refractivity contribution is 5.94. The number of aliphatic hydroxyl groups excluding tert-OH is 1. The van der Waals surface area contributed by atoms with E-state index in [-0.39, 0.29) is 18.8 Å². The van der Waals surface area contributed by atoms with Crippen molar-refractivity contribution in [2.75, 3.05) is 6.54 Å². The van der Waals surface area contributed by atoms with Crippen molar-refractivity contribution >= 4 is 23.7 Å². The zero-order chi connectivity index (χ0) is 27.3. The minimum atomic E-state index is -1.22. The molecule has 0 radical (unpaired) electrons. The van der Waals surface area contributed by atoms with Gasteiger partial charge in [0.15, 0.2) is 0 Å². The van der Waals surface area contributed by atoms with Gasteiger partial charge in [-0.2, -0.15) is 0 Å². The van der Waals surface area contributed by atoms with E-state index in [4.69, 9.17) is 11.5 Å². The van der Waals surface area contributed by atoms with E-state index in [1.807, 2.05) is 13.0 Å². The number of carboxylic acids is 1. The second-order valence-corrected chi connectivity index (χ2v) is 9.07. The van der Waals surface area contributed by atoms with Crippen LogP contribution in [0.15, 0.2) is 30.3 Å². The third-order valence-corrected chi connectivity index (χ3v) is 6.09. The van der Waals surface area contributed by atoms with E-state index in [1.54, 1.807) is 31.2 Å². The molecular formula is C25H41N5O6. The molecule has 202 valence electrons. The average Bonchev–Trinajstić information content (AvgIpc) is 2.85. The number of hydrogen-bond donors (Lipinski definition) is 7. The quantitative estimate of drug-likeness (QED) is 0.147. The van der Waals surface area contributed by atoms with E-state index < -0.39 is 54.0 Å². The number of benzene rings is 1. The van der Waals surface area contributed by atoms with Gasteiger partial charge in [-0.05, 0) is 44.2 Å². The summed E-state index contributed by atoms with van der Waals surface area (Å²) in [6.07, 6.45) is 0.911. The van der Waals surface area contributed by atoms with Crippen LogP contribution in [0.4, 0.5) is 0 Å². The van der Waals surface area contributed by atoms with E-state index in [2.05, 4.69) is 16.0 Å². The number of carboxylic acid groups (broad SMARTS) is 1. The number of nitrogens with two attached hydrogens (primary N) is 2. The summed E-state index contributed by atoms with van der Waals surface area (Å²) in [5.41, 5.74) is 12.0.